The number of aromatic nitrogens is 5. The summed E-state index contributed by atoms with van der Waals surface area (Å²) in [6.07, 6.45) is 6.49. The zero-order valence-electron chi connectivity index (χ0n) is 25.5. The summed E-state index contributed by atoms with van der Waals surface area (Å²) in [5.74, 6) is -0.142. The highest BCUT2D eigenvalue weighted by atomic mass is 35.5. The van der Waals surface area contributed by atoms with Crippen LogP contribution < -0.4 is 20.0 Å². The van der Waals surface area contributed by atoms with E-state index in [1.54, 1.807) is 33.8 Å². The number of aryl methyl sites for hydroxylation is 1. The van der Waals surface area contributed by atoms with Gasteiger partial charge in [0.05, 0.1) is 40.5 Å². The molecule has 14 heteroatoms. The molecule has 0 amide bonds. The molecule has 0 saturated carbocycles. The van der Waals surface area contributed by atoms with Crippen LogP contribution in [0.4, 0.5) is 11.5 Å². The molecule has 2 fully saturated rings. The number of fused-ring (bicyclic) bond motifs is 2. The number of anilines is 2. The summed E-state index contributed by atoms with van der Waals surface area (Å²) in [7, 11) is 5.98. The number of aromatic carboxylic acids is 1. The van der Waals surface area contributed by atoms with Crippen molar-refractivity contribution in [3.63, 3.8) is 0 Å². The second-order valence-corrected chi connectivity index (χ2v) is 12.9. The second kappa shape index (κ2) is 11.8. The molecule has 2 saturated heterocycles. The molecule has 4 aromatic heterocycles. The van der Waals surface area contributed by atoms with E-state index in [1.165, 1.54) is 6.20 Å². The van der Waals surface area contributed by atoms with E-state index in [0.29, 0.717) is 50.9 Å². The number of nitrogens with zero attached hydrogens (tertiary/aromatic N) is 8. The minimum absolute atomic E-state index is 0.0445. The highest BCUT2D eigenvalue weighted by Gasteiger charge is 2.30. The first kappa shape index (κ1) is 30.3. The highest BCUT2D eigenvalue weighted by Crippen LogP contribution is 2.36. The first-order valence-corrected chi connectivity index (χ1v) is 15.7. The van der Waals surface area contributed by atoms with E-state index in [4.69, 9.17) is 27.9 Å². The lowest BCUT2D eigenvalue weighted by molar-refractivity contribution is 0.0695. The van der Waals surface area contributed by atoms with Gasteiger partial charge in [-0.05, 0) is 57.3 Å². The summed E-state index contributed by atoms with van der Waals surface area (Å²) in [4.78, 5) is 45.5. The minimum Gasteiger partial charge on any atom is -0.477 e. The van der Waals surface area contributed by atoms with Crippen LogP contribution in [0.2, 0.25) is 10.0 Å². The maximum Gasteiger partial charge on any atom is 0.341 e. The molecule has 1 atom stereocenters. The van der Waals surface area contributed by atoms with E-state index in [2.05, 4.69) is 43.7 Å². The second-order valence-electron chi connectivity index (χ2n) is 12.0. The first-order valence-electron chi connectivity index (χ1n) is 15.0. The molecule has 1 aromatic carbocycles. The number of rotatable bonds is 8. The van der Waals surface area contributed by atoms with Crippen LogP contribution >= 0.6 is 23.2 Å². The van der Waals surface area contributed by atoms with Crippen molar-refractivity contribution in [3.05, 3.63) is 74.9 Å². The number of carbonyl (C=O) groups is 1. The molecule has 0 bridgehead atoms. The summed E-state index contributed by atoms with van der Waals surface area (Å²) in [6, 6.07) is 9.38. The third-order valence-electron chi connectivity index (χ3n) is 8.94. The lowest BCUT2D eigenvalue weighted by atomic mass is 10.1. The normalized spacial score (nSPS) is 17.0. The van der Waals surface area contributed by atoms with E-state index < -0.39 is 11.4 Å². The van der Waals surface area contributed by atoms with Crippen molar-refractivity contribution >= 4 is 62.7 Å². The molecule has 0 radical (unpaired) electrons. The van der Waals surface area contributed by atoms with Crippen molar-refractivity contribution in [1.82, 2.24) is 29.0 Å². The SMILES string of the molecule is CN(C)C1CN(c2ccc(-n3cc(C(=O)O)c(=O)c4cc(Cl)c(N5CCC[C@@H]5COc5nc6c(cc5Cl)ncn6C)cc43)cn2)C1. The Bertz CT molecular complexity index is 2040. The summed E-state index contributed by atoms with van der Waals surface area (Å²) >= 11 is 13.3. The summed E-state index contributed by atoms with van der Waals surface area (Å²) in [6.45, 7) is 2.79. The zero-order valence-corrected chi connectivity index (χ0v) is 27.0. The van der Waals surface area contributed by atoms with Crippen LogP contribution in [-0.4, -0.2) is 92.5 Å². The van der Waals surface area contributed by atoms with Gasteiger partial charge in [-0.2, -0.15) is 4.98 Å². The molecule has 0 aliphatic carbocycles. The van der Waals surface area contributed by atoms with Gasteiger partial charge < -0.3 is 33.7 Å². The Kier molecular flexibility index (Phi) is 7.74. The molecule has 7 rings (SSSR count). The van der Waals surface area contributed by atoms with Gasteiger partial charge in [-0.15, -0.1) is 0 Å². The van der Waals surface area contributed by atoms with E-state index in [0.717, 1.165) is 44.0 Å². The molecule has 12 nitrogen and oxygen atoms in total. The first-order chi connectivity index (χ1) is 22.1. The molecule has 1 N–H and O–H groups in total. The van der Waals surface area contributed by atoms with Gasteiger partial charge in [-0.25, -0.2) is 14.8 Å². The fourth-order valence-electron chi connectivity index (χ4n) is 6.21. The third-order valence-corrected chi connectivity index (χ3v) is 9.51. The number of imidazole rings is 1. The van der Waals surface area contributed by atoms with E-state index >= 15 is 0 Å². The Morgan fingerprint density at radius 1 is 1.13 bits per heavy atom. The molecular formula is C32H32Cl2N8O4. The highest BCUT2D eigenvalue weighted by molar-refractivity contribution is 6.34. The largest absolute Gasteiger partial charge is 0.477 e. The van der Waals surface area contributed by atoms with Crippen LogP contribution in [0.25, 0.3) is 27.8 Å². The van der Waals surface area contributed by atoms with Crippen molar-refractivity contribution in [2.24, 2.45) is 7.05 Å². The van der Waals surface area contributed by atoms with Gasteiger partial charge in [0, 0.05) is 44.3 Å². The number of halogens is 2. The molecule has 238 valence electrons. The van der Waals surface area contributed by atoms with Gasteiger partial charge in [0.2, 0.25) is 11.3 Å². The number of carboxylic acid groups (broad SMARTS) is 1. The molecule has 5 aromatic rings. The Morgan fingerprint density at radius 2 is 1.93 bits per heavy atom. The van der Waals surface area contributed by atoms with E-state index in [1.807, 2.05) is 25.2 Å². The van der Waals surface area contributed by atoms with Gasteiger partial charge in [0.25, 0.3) is 0 Å². The molecular weight excluding hydrogens is 631 g/mol. The van der Waals surface area contributed by atoms with Gasteiger partial charge >= 0.3 is 5.97 Å². The Morgan fingerprint density at radius 3 is 2.65 bits per heavy atom. The fraction of sp³-hybridized carbons (Fsp3) is 0.344. The molecule has 46 heavy (non-hydrogen) atoms. The van der Waals surface area contributed by atoms with Crippen molar-refractivity contribution < 1.29 is 14.6 Å². The fourth-order valence-corrected chi connectivity index (χ4v) is 6.68. The monoisotopic (exact) mass is 662 g/mol. The van der Waals surface area contributed by atoms with E-state index in [-0.39, 0.29) is 17.0 Å². The van der Waals surface area contributed by atoms with Crippen molar-refractivity contribution in [2.45, 2.75) is 24.9 Å². The quantitative estimate of drug-likeness (QED) is 0.255. The maximum atomic E-state index is 13.3. The van der Waals surface area contributed by atoms with Gasteiger partial charge in [-0.1, -0.05) is 23.2 Å². The predicted molar refractivity (Wildman–Crippen MR) is 178 cm³/mol. The number of hydrogen-bond donors (Lipinski definition) is 1. The van der Waals surface area contributed by atoms with Crippen LogP contribution in [0.15, 0.2) is 53.8 Å². The zero-order chi connectivity index (χ0) is 32.3. The van der Waals surface area contributed by atoms with Crippen LogP contribution in [0.5, 0.6) is 5.88 Å². The molecule has 2 aliphatic heterocycles. The Balaban J connectivity index is 1.22. The maximum absolute atomic E-state index is 13.3. The molecule has 0 spiro atoms. The number of carboxylic acids is 1. The third kappa shape index (κ3) is 5.29. The molecule has 2 aliphatic rings. The molecule has 6 heterocycles. The van der Waals surface area contributed by atoms with Gasteiger partial charge in [-0.3, -0.25) is 4.79 Å². The van der Waals surface area contributed by atoms with Crippen LogP contribution in [0, 0.1) is 0 Å². The lowest BCUT2D eigenvalue weighted by Crippen LogP contribution is -2.57. The number of pyridine rings is 3. The number of ether oxygens (including phenoxy) is 1. The average Bonchev–Trinajstić information content (AvgIpc) is 3.61. The van der Waals surface area contributed by atoms with Crippen molar-refractivity contribution in [1.29, 1.82) is 0 Å². The Labute approximate surface area is 274 Å². The van der Waals surface area contributed by atoms with Crippen molar-refractivity contribution in [2.75, 3.05) is 50.1 Å². The van der Waals surface area contributed by atoms with Gasteiger partial charge in [0.1, 0.15) is 28.5 Å². The lowest BCUT2D eigenvalue weighted by Gasteiger charge is -2.43. The Hall–Kier alpha value is -4.39. The standard InChI is InChI=1S/C32H32Cl2N8O4/c1-38(2)20-13-40(14-20)28-7-6-18(12-35-28)42-15-22(32(44)45)29(43)21-9-23(33)27(11-26(21)42)41-8-4-5-19(41)16-46-31-24(34)10-25-30(37-31)39(3)17-36-25/h6-7,9-12,15,17,19-20H,4-5,8,13-14,16H2,1-3H3,(H,44,45)/t19-/m1/s1. The minimum atomic E-state index is -1.31. The van der Waals surface area contributed by atoms with Gasteiger partial charge in [0.15, 0.2) is 5.65 Å². The average molecular weight is 664 g/mol. The van der Waals surface area contributed by atoms with Crippen LogP contribution in [0.3, 0.4) is 0 Å². The number of benzene rings is 1. The summed E-state index contributed by atoms with van der Waals surface area (Å²) in [5.41, 5.74) is 2.28. The summed E-state index contributed by atoms with van der Waals surface area (Å²) in [5, 5.41) is 10.8. The van der Waals surface area contributed by atoms with Crippen LogP contribution in [-0.2, 0) is 7.05 Å². The predicted octanol–water partition coefficient (Wildman–Crippen LogP) is 4.47. The number of hydrogen-bond acceptors (Lipinski definition) is 9. The summed E-state index contributed by atoms with van der Waals surface area (Å²) < 4.78 is 9.65. The van der Waals surface area contributed by atoms with E-state index in [9.17, 15) is 14.7 Å². The topological polar surface area (TPSA) is 122 Å². The van der Waals surface area contributed by atoms with Crippen LogP contribution in [0.1, 0.15) is 23.2 Å². The van der Waals surface area contributed by atoms with Crippen molar-refractivity contribution in [3.8, 4) is 11.6 Å². The number of likely N-dealkylation sites (N-methyl/N-ethyl adjacent to an activating group) is 1. The molecule has 0 unspecified atom stereocenters. The smallest absolute Gasteiger partial charge is 0.341 e.